The SMILES string of the molecule is COc1cc2c(cc1OC)CN(C(=O)C=Cc1ccc([N+](=O)[O-])cc1)CC2. The van der Waals surface area contributed by atoms with Gasteiger partial charge in [-0.3, -0.25) is 14.9 Å². The number of rotatable bonds is 5. The van der Waals surface area contributed by atoms with E-state index in [2.05, 4.69) is 0 Å². The van der Waals surface area contributed by atoms with Crippen LogP contribution < -0.4 is 9.47 Å². The molecule has 1 aliphatic heterocycles. The average Bonchev–Trinajstić information content (AvgIpc) is 2.70. The van der Waals surface area contributed by atoms with Gasteiger partial charge in [-0.2, -0.15) is 0 Å². The third-order valence-corrected chi connectivity index (χ3v) is 4.55. The standard InChI is InChI=1S/C20H20N2O5/c1-26-18-11-15-9-10-21(13-16(15)12-19(18)27-2)20(23)8-5-14-3-6-17(7-4-14)22(24)25/h3-8,11-12H,9-10,13H2,1-2H3. The fourth-order valence-electron chi connectivity index (χ4n) is 3.05. The van der Waals surface area contributed by atoms with E-state index in [-0.39, 0.29) is 11.6 Å². The Morgan fingerprint density at radius 3 is 2.33 bits per heavy atom. The van der Waals surface area contributed by atoms with Gasteiger partial charge in [0, 0.05) is 31.3 Å². The van der Waals surface area contributed by atoms with Crippen molar-refractivity contribution >= 4 is 17.7 Å². The van der Waals surface area contributed by atoms with Gasteiger partial charge in [0.25, 0.3) is 5.69 Å². The smallest absolute Gasteiger partial charge is 0.269 e. The van der Waals surface area contributed by atoms with E-state index >= 15 is 0 Å². The predicted octanol–water partition coefficient (Wildman–Crippen LogP) is 3.21. The second-order valence-electron chi connectivity index (χ2n) is 6.17. The zero-order chi connectivity index (χ0) is 19.4. The zero-order valence-electron chi connectivity index (χ0n) is 15.2. The number of hydrogen-bond acceptors (Lipinski definition) is 5. The molecule has 140 valence electrons. The summed E-state index contributed by atoms with van der Waals surface area (Å²) in [5.41, 5.74) is 2.94. The normalized spacial score (nSPS) is 13.3. The van der Waals surface area contributed by atoms with E-state index in [4.69, 9.17) is 9.47 Å². The predicted molar refractivity (Wildman–Crippen MR) is 101 cm³/mol. The maximum Gasteiger partial charge on any atom is 0.269 e. The summed E-state index contributed by atoms with van der Waals surface area (Å²) in [4.78, 5) is 24.5. The molecule has 2 aromatic rings. The van der Waals surface area contributed by atoms with Crippen LogP contribution in [0.25, 0.3) is 6.08 Å². The molecule has 2 aromatic carbocycles. The Morgan fingerprint density at radius 2 is 1.74 bits per heavy atom. The molecule has 0 fully saturated rings. The summed E-state index contributed by atoms with van der Waals surface area (Å²) >= 11 is 0. The van der Waals surface area contributed by atoms with Crippen molar-refractivity contribution in [2.24, 2.45) is 0 Å². The van der Waals surface area contributed by atoms with Crippen LogP contribution >= 0.6 is 0 Å². The van der Waals surface area contributed by atoms with Crippen molar-refractivity contribution in [3.05, 3.63) is 69.3 Å². The summed E-state index contributed by atoms with van der Waals surface area (Å²) < 4.78 is 10.7. The van der Waals surface area contributed by atoms with Gasteiger partial charge >= 0.3 is 0 Å². The van der Waals surface area contributed by atoms with Gasteiger partial charge in [0.05, 0.1) is 19.1 Å². The summed E-state index contributed by atoms with van der Waals surface area (Å²) in [6.07, 6.45) is 3.90. The number of nitro benzene ring substituents is 1. The maximum atomic E-state index is 12.5. The van der Waals surface area contributed by atoms with E-state index in [0.29, 0.717) is 24.6 Å². The lowest BCUT2D eigenvalue weighted by molar-refractivity contribution is -0.384. The van der Waals surface area contributed by atoms with E-state index in [9.17, 15) is 14.9 Å². The number of benzene rings is 2. The molecule has 1 amide bonds. The number of fused-ring (bicyclic) bond motifs is 1. The van der Waals surface area contributed by atoms with Crippen LogP contribution in [0.2, 0.25) is 0 Å². The van der Waals surface area contributed by atoms with Gasteiger partial charge in [-0.25, -0.2) is 0 Å². The monoisotopic (exact) mass is 368 g/mol. The Morgan fingerprint density at radius 1 is 1.11 bits per heavy atom. The molecule has 7 nitrogen and oxygen atoms in total. The van der Waals surface area contributed by atoms with E-state index < -0.39 is 4.92 Å². The summed E-state index contributed by atoms with van der Waals surface area (Å²) in [6, 6.07) is 9.94. The van der Waals surface area contributed by atoms with Gasteiger partial charge in [0.2, 0.25) is 5.91 Å². The lowest BCUT2D eigenvalue weighted by Gasteiger charge is -2.28. The van der Waals surface area contributed by atoms with Crippen LogP contribution in [0, 0.1) is 10.1 Å². The Labute approximate surface area is 157 Å². The second kappa shape index (κ2) is 7.90. The summed E-state index contributed by atoms with van der Waals surface area (Å²) in [7, 11) is 3.19. The Bertz CT molecular complexity index is 890. The quantitative estimate of drug-likeness (QED) is 0.460. The molecule has 1 aliphatic rings. The van der Waals surface area contributed by atoms with Crippen molar-refractivity contribution in [3.8, 4) is 11.5 Å². The molecule has 0 saturated carbocycles. The van der Waals surface area contributed by atoms with Crippen LogP contribution in [0.3, 0.4) is 0 Å². The molecule has 0 bridgehead atoms. The third kappa shape index (κ3) is 4.08. The summed E-state index contributed by atoms with van der Waals surface area (Å²) in [5.74, 6) is 1.23. The van der Waals surface area contributed by atoms with Gasteiger partial charge in [0.15, 0.2) is 11.5 Å². The molecule has 0 saturated heterocycles. The van der Waals surface area contributed by atoms with Crippen LogP contribution in [0.5, 0.6) is 11.5 Å². The number of nitrogens with zero attached hydrogens (tertiary/aromatic N) is 2. The minimum atomic E-state index is -0.451. The lowest BCUT2D eigenvalue weighted by Crippen LogP contribution is -2.34. The number of carbonyl (C=O) groups is 1. The minimum absolute atomic E-state index is 0.0236. The van der Waals surface area contributed by atoms with E-state index in [1.54, 1.807) is 37.3 Å². The van der Waals surface area contributed by atoms with Crippen LogP contribution in [0.4, 0.5) is 5.69 Å². The van der Waals surface area contributed by atoms with Crippen molar-refractivity contribution in [1.29, 1.82) is 0 Å². The Balaban J connectivity index is 1.71. The van der Waals surface area contributed by atoms with Gasteiger partial charge in [0.1, 0.15) is 0 Å². The number of carbonyl (C=O) groups excluding carboxylic acids is 1. The number of non-ortho nitro benzene ring substituents is 1. The molecular formula is C20H20N2O5. The average molecular weight is 368 g/mol. The molecule has 7 heteroatoms. The van der Waals surface area contributed by atoms with Crippen LogP contribution in [-0.4, -0.2) is 36.5 Å². The highest BCUT2D eigenvalue weighted by atomic mass is 16.6. The topological polar surface area (TPSA) is 81.9 Å². The molecule has 0 N–H and O–H groups in total. The summed E-state index contributed by atoms with van der Waals surface area (Å²) in [5, 5.41) is 10.7. The van der Waals surface area contributed by atoms with Gasteiger partial charge < -0.3 is 14.4 Å². The Kier molecular flexibility index (Phi) is 5.40. The van der Waals surface area contributed by atoms with Crippen LogP contribution in [0.15, 0.2) is 42.5 Å². The van der Waals surface area contributed by atoms with Crippen molar-refractivity contribution in [2.45, 2.75) is 13.0 Å². The van der Waals surface area contributed by atoms with Crippen molar-refractivity contribution in [1.82, 2.24) is 4.90 Å². The second-order valence-corrected chi connectivity index (χ2v) is 6.17. The lowest BCUT2D eigenvalue weighted by atomic mass is 9.98. The first-order valence-corrected chi connectivity index (χ1v) is 8.47. The highest BCUT2D eigenvalue weighted by molar-refractivity contribution is 5.92. The molecule has 27 heavy (non-hydrogen) atoms. The number of amides is 1. The van der Waals surface area contributed by atoms with E-state index in [0.717, 1.165) is 23.1 Å². The highest BCUT2D eigenvalue weighted by Gasteiger charge is 2.21. The molecular weight excluding hydrogens is 348 g/mol. The number of methoxy groups -OCH3 is 2. The fourth-order valence-corrected chi connectivity index (χ4v) is 3.05. The Hall–Kier alpha value is -3.35. The van der Waals surface area contributed by atoms with E-state index in [1.807, 2.05) is 12.1 Å². The molecule has 0 spiro atoms. The van der Waals surface area contributed by atoms with Gasteiger partial charge in [-0.15, -0.1) is 0 Å². The van der Waals surface area contributed by atoms with Crippen LogP contribution in [0.1, 0.15) is 16.7 Å². The van der Waals surface area contributed by atoms with Crippen molar-refractivity contribution in [2.75, 3.05) is 20.8 Å². The number of ether oxygens (including phenoxy) is 2. The molecule has 0 radical (unpaired) electrons. The largest absolute Gasteiger partial charge is 0.493 e. The number of nitro groups is 1. The van der Waals surface area contributed by atoms with Gasteiger partial charge in [-0.05, 0) is 53.5 Å². The molecule has 0 aliphatic carbocycles. The fraction of sp³-hybridized carbons (Fsp3) is 0.250. The van der Waals surface area contributed by atoms with Gasteiger partial charge in [-0.1, -0.05) is 0 Å². The molecule has 1 heterocycles. The highest BCUT2D eigenvalue weighted by Crippen LogP contribution is 2.33. The minimum Gasteiger partial charge on any atom is -0.493 e. The van der Waals surface area contributed by atoms with Crippen molar-refractivity contribution in [3.63, 3.8) is 0 Å². The summed E-state index contributed by atoms with van der Waals surface area (Å²) in [6.45, 7) is 1.12. The first kappa shape index (κ1) is 18.4. The molecule has 0 unspecified atom stereocenters. The first-order chi connectivity index (χ1) is 13.0. The van der Waals surface area contributed by atoms with Crippen molar-refractivity contribution < 1.29 is 19.2 Å². The maximum absolute atomic E-state index is 12.5. The molecule has 0 atom stereocenters. The van der Waals surface area contributed by atoms with Crippen LogP contribution in [-0.2, 0) is 17.8 Å². The number of hydrogen-bond donors (Lipinski definition) is 0. The molecule has 3 rings (SSSR count). The zero-order valence-corrected chi connectivity index (χ0v) is 15.2. The molecule has 0 aromatic heterocycles. The first-order valence-electron chi connectivity index (χ1n) is 8.47. The van der Waals surface area contributed by atoms with E-state index in [1.165, 1.54) is 18.2 Å². The third-order valence-electron chi connectivity index (χ3n) is 4.55.